The Bertz CT molecular complexity index is 765. The number of carbonyl (C=O) groups is 3. The van der Waals surface area contributed by atoms with Crippen LogP contribution in [0.25, 0.3) is 0 Å². The van der Waals surface area contributed by atoms with Crippen LogP contribution in [0.1, 0.15) is 41.0 Å². The quantitative estimate of drug-likeness (QED) is 0.748. The number of amides is 2. The van der Waals surface area contributed by atoms with E-state index in [0.717, 1.165) is 0 Å². The highest BCUT2D eigenvalue weighted by Gasteiger charge is 2.09. The summed E-state index contributed by atoms with van der Waals surface area (Å²) >= 11 is 0. The first-order chi connectivity index (χ1) is 11.8. The zero-order valence-electron chi connectivity index (χ0n) is 14.1. The zero-order valence-corrected chi connectivity index (χ0v) is 14.1. The first-order valence-electron chi connectivity index (χ1n) is 7.90. The van der Waals surface area contributed by atoms with Crippen LogP contribution in [0, 0.1) is 5.92 Å². The van der Waals surface area contributed by atoms with Gasteiger partial charge in [-0.25, -0.2) is 4.79 Å². The summed E-state index contributed by atoms with van der Waals surface area (Å²) < 4.78 is 0. The molecule has 2 amide bonds. The van der Waals surface area contributed by atoms with Gasteiger partial charge in [-0.2, -0.15) is 0 Å². The van der Waals surface area contributed by atoms with Crippen molar-refractivity contribution in [3.63, 3.8) is 0 Å². The highest BCUT2D eigenvalue weighted by Crippen LogP contribution is 2.14. The number of hydrogen-bond acceptors (Lipinski definition) is 3. The van der Waals surface area contributed by atoms with Gasteiger partial charge in [-0.1, -0.05) is 13.8 Å². The molecule has 6 heteroatoms. The second-order valence-electron chi connectivity index (χ2n) is 6.06. The summed E-state index contributed by atoms with van der Waals surface area (Å²) in [6.07, 6.45) is 0.439. The minimum absolute atomic E-state index is 0.0641. The summed E-state index contributed by atoms with van der Waals surface area (Å²) in [5.41, 5.74) is 1.72. The van der Waals surface area contributed by atoms with Crippen molar-refractivity contribution in [1.29, 1.82) is 0 Å². The number of carboxylic acids is 1. The standard InChI is InChI=1S/C19H20N2O4/c1-12(2)11-17(22)20-15-7-3-13(4-8-15)18(23)21-16-9-5-14(6-10-16)19(24)25/h3-10,12H,11H2,1-2H3,(H,20,22)(H,21,23)(H,24,25). The number of benzene rings is 2. The lowest BCUT2D eigenvalue weighted by Crippen LogP contribution is -2.15. The molecule has 3 N–H and O–H groups in total. The average Bonchev–Trinajstić information content (AvgIpc) is 2.55. The van der Waals surface area contributed by atoms with Crippen LogP contribution >= 0.6 is 0 Å². The van der Waals surface area contributed by atoms with E-state index in [4.69, 9.17) is 5.11 Å². The Hall–Kier alpha value is -3.15. The first kappa shape index (κ1) is 18.2. The van der Waals surface area contributed by atoms with Crippen molar-refractivity contribution in [3.05, 3.63) is 59.7 Å². The van der Waals surface area contributed by atoms with E-state index in [9.17, 15) is 14.4 Å². The van der Waals surface area contributed by atoms with Gasteiger partial charge in [0.15, 0.2) is 0 Å². The molecule has 0 spiro atoms. The Morgan fingerprint density at radius 3 is 1.80 bits per heavy atom. The molecule has 0 saturated carbocycles. The molecular weight excluding hydrogens is 320 g/mol. The monoisotopic (exact) mass is 340 g/mol. The van der Waals surface area contributed by atoms with Gasteiger partial charge in [-0.15, -0.1) is 0 Å². The molecule has 0 aliphatic rings. The van der Waals surface area contributed by atoms with Crippen molar-refractivity contribution in [2.45, 2.75) is 20.3 Å². The second kappa shape index (κ2) is 8.10. The van der Waals surface area contributed by atoms with Gasteiger partial charge in [0.1, 0.15) is 0 Å². The minimum Gasteiger partial charge on any atom is -0.478 e. The van der Waals surface area contributed by atoms with Crippen LogP contribution in [0.4, 0.5) is 11.4 Å². The van der Waals surface area contributed by atoms with Crippen molar-refractivity contribution in [3.8, 4) is 0 Å². The first-order valence-corrected chi connectivity index (χ1v) is 7.90. The molecular formula is C19H20N2O4. The molecule has 0 aliphatic heterocycles. The maximum absolute atomic E-state index is 12.2. The van der Waals surface area contributed by atoms with Crippen molar-refractivity contribution in [2.75, 3.05) is 10.6 Å². The van der Waals surface area contributed by atoms with Gasteiger partial charge in [0.05, 0.1) is 5.56 Å². The van der Waals surface area contributed by atoms with Crippen LogP contribution < -0.4 is 10.6 Å². The van der Waals surface area contributed by atoms with Gasteiger partial charge in [0.25, 0.3) is 5.91 Å². The summed E-state index contributed by atoms with van der Waals surface area (Å²) in [5.74, 6) is -1.13. The highest BCUT2D eigenvalue weighted by molar-refractivity contribution is 6.04. The maximum Gasteiger partial charge on any atom is 0.335 e. The average molecular weight is 340 g/mol. The van der Waals surface area contributed by atoms with E-state index < -0.39 is 5.97 Å². The molecule has 0 unspecified atom stereocenters. The zero-order chi connectivity index (χ0) is 18.4. The lowest BCUT2D eigenvalue weighted by Gasteiger charge is -2.09. The molecule has 0 aromatic heterocycles. The third-order valence-electron chi connectivity index (χ3n) is 3.41. The fraction of sp³-hybridized carbons (Fsp3) is 0.211. The molecule has 2 rings (SSSR count). The number of nitrogens with one attached hydrogen (secondary N) is 2. The molecule has 2 aromatic rings. The lowest BCUT2D eigenvalue weighted by molar-refractivity contribution is -0.116. The lowest BCUT2D eigenvalue weighted by atomic mass is 10.1. The largest absolute Gasteiger partial charge is 0.478 e. The summed E-state index contributed by atoms with van der Waals surface area (Å²) in [7, 11) is 0. The highest BCUT2D eigenvalue weighted by atomic mass is 16.4. The number of anilines is 2. The molecule has 0 atom stereocenters. The SMILES string of the molecule is CC(C)CC(=O)Nc1ccc(C(=O)Nc2ccc(C(=O)O)cc2)cc1. The fourth-order valence-corrected chi connectivity index (χ4v) is 2.19. The Labute approximate surface area is 145 Å². The van der Waals surface area contributed by atoms with Gasteiger partial charge >= 0.3 is 5.97 Å². The van der Waals surface area contributed by atoms with Crippen molar-refractivity contribution in [1.82, 2.24) is 0 Å². The van der Waals surface area contributed by atoms with Crippen LogP contribution in [-0.4, -0.2) is 22.9 Å². The molecule has 6 nitrogen and oxygen atoms in total. The summed E-state index contributed by atoms with van der Waals surface area (Å²) in [4.78, 5) is 34.7. The third-order valence-corrected chi connectivity index (χ3v) is 3.41. The fourth-order valence-electron chi connectivity index (χ4n) is 2.19. The second-order valence-corrected chi connectivity index (χ2v) is 6.06. The van der Waals surface area contributed by atoms with Crippen LogP contribution in [0.3, 0.4) is 0 Å². The van der Waals surface area contributed by atoms with E-state index in [1.54, 1.807) is 24.3 Å². The number of aromatic carboxylic acids is 1. The molecule has 130 valence electrons. The molecule has 25 heavy (non-hydrogen) atoms. The number of carboxylic acid groups (broad SMARTS) is 1. The van der Waals surface area contributed by atoms with E-state index in [0.29, 0.717) is 23.4 Å². The number of rotatable bonds is 6. The topological polar surface area (TPSA) is 95.5 Å². The Balaban J connectivity index is 1.98. The Kier molecular flexibility index (Phi) is 5.89. The van der Waals surface area contributed by atoms with E-state index >= 15 is 0 Å². The molecule has 0 bridgehead atoms. The van der Waals surface area contributed by atoms with Crippen LogP contribution in [0.15, 0.2) is 48.5 Å². The minimum atomic E-state index is -1.02. The van der Waals surface area contributed by atoms with Gasteiger partial charge in [0.2, 0.25) is 5.91 Å². The maximum atomic E-state index is 12.2. The van der Waals surface area contributed by atoms with Gasteiger partial charge in [0, 0.05) is 23.4 Å². The van der Waals surface area contributed by atoms with Crippen LogP contribution in [-0.2, 0) is 4.79 Å². The molecule has 0 radical (unpaired) electrons. The van der Waals surface area contributed by atoms with E-state index in [1.807, 2.05) is 13.8 Å². The van der Waals surface area contributed by atoms with E-state index in [2.05, 4.69) is 10.6 Å². The van der Waals surface area contributed by atoms with Gasteiger partial charge < -0.3 is 15.7 Å². The van der Waals surface area contributed by atoms with Gasteiger partial charge in [-0.05, 0) is 54.4 Å². The predicted molar refractivity (Wildman–Crippen MR) is 95.9 cm³/mol. The van der Waals surface area contributed by atoms with Gasteiger partial charge in [-0.3, -0.25) is 9.59 Å². The molecule has 2 aromatic carbocycles. The molecule has 0 heterocycles. The van der Waals surface area contributed by atoms with Crippen molar-refractivity contribution in [2.24, 2.45) is 5.92 Å². The predicted octanol–water partition coefficient (Wildman–Crippen LogP) is 3.62. The van der Waals surface area contributed by atoms with Crippen molar-refractivity contribution >= 4 is 29.2 Å². The molecule has 0 aliphatic carbocycles. The third kappa shape index (κ3) is 5.46. The number of hydrogen-bond donors (Lipinski definition) is 3. The Morgan fingerprint density at radius 1 is 0.840 bits per heavy atom. The molecule has 0 saturated heterocycles. The van der Waals surface area contributed by atoms with E-state index in [-0.39, 0.29) is 23.3 Å². The summed E-state index contributed by atoms with van der Waals surface area (Å²) in [5, 5.41) is 14.3. The normalized spacial score (nSPS) is 10.4. The number of carbonyl (C=O) groups excluding carboxylic acids is 2. The Morgan fingerprint density at radius 2 is 1.32 bits per heavy atom. The van der Waals surface area contributed by atoms with E-state index in [1.165, 1.54) is 24.3 Å². The molecule has 0 fully saturated rings. The summed E-state index contributed by atoms with van der Waals surface area (Å²) in [6, 6.07) is 12.5. The smallest absolute Gasteiger partial charge is 0.335 e. The van der Waals surface area contributed by atoms with Crippen LogP contribution in [0.2, 0.25) is 0 Å². The van der Waals surface area contributed by atoms with Crippen molar-refractivity contribution < 1.29 is 19.5 Å². The van der Waals surface area contributed by atoms with Crippen LogP contribution in [0.5, 0.6) is 0 Å². The summed E-state index contributed by atoms with van der Waals surface area (Å²) in [6.45, 7) is 3.94.